The third kappa shape index (κ3) is 4.09. The van der Waals surface area contributed by atoms with E-state index in [1.807, 2.05) is 26.8 Å². The number of hydrogen-bond acceptors (Lipinski definition) is 5. The molecule has 136 valence electrons. The third-order valence-corrected chi connectivity index (χ3v) is 5.56. The van der Waals surface area contributed by atoms with Crippen LogP contribution in [-0.2, 0) is 14.9 Å². The molecule has 0 aliphatic carbocycles. The van der Waals surface area contributed by atoms with Crippen LogP contribution in [0.3, 0.4) is 0 Å². The molecule has 1 N–H and O–H groups in total. The number of carbonyl (C=O) groups is 1. The van der Waals surface area contributed by atoms with Gasteiger partial charge >= 0.3 is 0 Å². The summed E-state index contributed by atoms with van der Waals surface area (Å²) in [5.41, 5.74) is 1.13. The van der Waals surface area contributed by atoms with Gasteiger partial charge in [0.1, 0.15) is 11.5 Å². The van der Waals surface area contributed by atoms with Crippen molar-refractivity contribution in [1.29, 1.82) is 0 Å². The molecule has 0 fully saturated rings. The normalized spacial score (nSPS) is 13.0. The third-order valence-electron chi connectivity index (χ3n) is 3.88. The molecule has 2 aromatic rings. The summed E-state index contributed by atoms with van der Waals surface area (Å²) in [7, 11) is -1.27. The summed E-state index contributed by atoms with van der Waals surface area (Å²) in [5, 5.41) is 2.85. The van der Waals surface area contributed by atoms with Gasteiger partial charge in [-0.3, -0.25) is 9.63 Å². The number of aryl methyl sites for hydroxylation is 2. The lowest BCUT2D eigenvalue weighted by atomic mass is 10.1. The summed E-state index contributed by atoms with van der Waals surface area (Å²) in [5.74, 6) is 1.13. The number of carbonyl (C=O) groups excluding carboxylic acids is 1. The number of furan rings is 1. The zero-order chi connectivity index (χ0) is 18.8. The van der Waals surface area contributed by atoms with Gasteiger partial charge in [-0.1, -0.05) is 10.5 Å². The van der Waals surface area contributed by atoms with Crippen molar-refractivity contribution in [2.24, 2.45) is 0 Å². The van der Waals surface area contributed by atoms with Crippen LogP contribution in [0.25, 0.3) is 0 Å². The molecule has 1 aromatic heterocycles. The van der Waals surface area contributed by atoms with E-state index >= 15 is 0 Å². The molecule has 25 heavy (non-hydrogen) atoms. The fourth-order valence-corrected chi connectivity index (χ4v) is 3.50. The van der Waals surface area contributed by atoms with Crippen molar-refractivity contribution < 1.29 is 22.5 Å². The molecule has 8 heteroatoms. The molecule has 1 aromatic carbocycles. The van der Waals surface area contributed by atoms with E-state index in [1.54, 1.807) is 6.07 Å². The highest BCUT2D eigenvalue weighted by atomic mass is 32.2. The van der Waals surface area contributed by atoms with Crippen molar-refractivity contribution in [2.75, 3.05) is 14.2 Å². The first kappa shape index (κ1) is 19.2. The molecule has 7 nitrogen and oxygen atoms in total. The van der Waals surface area contributed by atoms with Crippen molar-refractivity contribution >= 4 is 15.9 Å². The minimum atomic E-state index is -3.81. The van der Waals surface area contributed by atoms with Crippen molar-refractivity contribution in [1.82, 2.24) is 9.79 Å². The molecule has 0 aliphatic heterocycles. The molecule has 1 atom stereocenters. The molecular formula is C17H22N2O5S. The predicted octanol–water partition coefficient (Wildman–Crippen LogP) is 2.57. The zero-order valence-electron chi connectivity index (χ0n) is 14.9. The molecule has 0 spiro atoms. The lowest BCUT2D eigenvalue weighted by Gasteiger charge is -2.16. The number of nitrogens with zero attached hydrogens (tertiary/aromatic N) is 1. The first-order chi connectivity index (χ1) is 11.7. The topological polar surface area (TPSA) is 88.8 Å². The summed E-state index contributed by atoms with van der Waals surface area (Å²) < 4.78 is 30.8. The average molecular weight is 366 g/mol. The van der Waals surface area contributed by atoms with Crippen LogP contribution in [0.15, 0.2) is 39.6 Å². The van der Waals surface area contributed by atoms with Gasteiger partial charge in [0.25, 0.3) is 15.9 Å². The number of amides is 1. The van der Waals surface area contributed by atoms with E-state index in [9.17, 15) is 13.2 Å². The summed E-state index contributed by atoms with van der Waals surface area (Å²) in [6, 6.07) is 7.40. The van der Waals surface area contributed by atoms with Crippen LogP contribution in [0.4, 0.5) is 0 Å². The Kier molecular flexibility index (Phi) is 5.66. The van der Waals surface area contributed by atoms with Gasteiger partial charge in [-0.25, -0.2) is 8.42 Å². The summed E-state index contributed by atoms with van der Waals surface area (Å²) in [6.07, 6.45) is 0. The van der Waals surface area contributed by atoms with Gasteiger partial charge in [-0.15, -0.1) is 0 Å². The van der Waals surface area contributed by atoms with Crippen molar-refractivity contribution in [3.05, 3.63) is 53.0 Å². The van der Waals surface area contributed by atoms with Gasteiger partial charge in [0.2, 0.25) is 0 Å². The Labute approximate surface area is 147 Å². The van der Waals surface area contributed by atoms with Crippen molar-refractivity contribution in [2.45, 2.75) is 31.7 Å². The lowest BCUT2D eigenvalue weighted by Crippen LogP contribution is -2.28. The van der Waals surface area contributed by atoms with Gasteiger partial charge in [-0.05, 0) is 45.0 Å². The largest absolute Gasteiger partial charge is 0.466 e. The first-order valence-electron chi connectivity index (χ1n) is 7.67. The fourth-order valence-electron chi connectivity index (χ4n) is 2.48. The average Bonchev–Trinajstić information content (AvgIpc) is 2.92. The highest BCUT2D eigenvalue weighted by Crippen LogP contribution is 2.22. The number of hydroxylamine groups is 1. The van der Waals surface area contributed by atoms with Crippen LogP contribution in [-0.4, -0.2) is 33.0 Å². The molecule has 0 saturated carbocycles. The van der Waals surface area contributed by atoms with Crippen LogP contribution in [0, 0.1) is 13.8 Å². The Bertz CT molecular complexity index is 873. The Hall–Kier alpha value is -2.16. The van der Waals surface area contributed by atoms with E-state index in [2.05, 4.69) is 5.32 Å². The zero-order valence-corrected chi connectivity index (χ0v) is 15.7. The predicted molar refractivity (Wildman–Crippen MR) is 92.5 cm³/mol. The number of nitrogens with one attached hydrogen (secondary N) is 1. The number of hydrogen-bond donors (Lipinski definition) is 1. The number of benzene rings is 1. The van der Waals surface area contributed by atoms with Crippen LogP contribution in [0.2, 0.25) is 0 Å². The Morgan fingerprint density at radius 1 is 1.28 bits per heavy atom. The van der Waals surface area contributed by atoms with E-state index in [0.717, 1.165) is 21.6 Å². The fraction of sp³-hybridized carbons (Fsp3) is 0.353. The van der Waals surface area contributed by atoms with Gasteiger partial charge in [0.15, 0.2) is 0 Å². The molecule has 0 aliphatic rings. The van der Waals surface area contributed by atoms with Crippen LogP contribution in [0.5, 0.6) is 0 Å². The standard InChI is InChI=1S/C17H22N2O5S/c1-11-9-16(13(3)24-11)12(2)18-17(20)14-7-6-8-15(10-14)25(21,22)19(4)23-5/h6-10,12H,1-5H3,(H,18,20)/t12-/m0/s1. The van der Waals surface area contributed by atoms with Gasteiger partial charge in [-0.2, -0.15) is 0 Å². The van der Waals surface area contributed by atoms with E-state index in [-0.39, 0.29) is 22.4 Å². The van der Waals surface area contributed by atoms with E-state index < -0.39 is 10.0 Å². The lowest BCUT2D eigenvalue weighted by molar-refractivity contribution is -0.0258. The molecular weight excluding hydrogens is 344 g/mol. The van der Waals surface area contributed by atoms with Crippen molar-refractivity contribution in [3.8, 4) is 0 Å². The maximum absolute atomic E-state index is 12.5. The Morgan fingerprint density at radius 3 is 2.52 bits per heavy atom. The summed E-state index contributed by atoms with van der Waals surface area (Å²) >= 11 is 0. The summed E-state index contributed by atoms with van der Waals surface area (Å²) in [4.78, 5) is 17.2. The van der Waals surface area contributed by atoms with Crippen LogP contribution >= 0.6 is 0 Å². The molecule has 0 saturated heterocycles. The minimum Gasteiger partial charge on any atom is -0.466 e. The number of sulfonamides is 1. The Balaban J connectivity index is 2.23. The molecule has 0 radical (unpaired) electrons. The molecule has 1 amide bonds. The van der Waals surface area contributed by atoms with Gasteiger partial charge < -0.3 is 9.73 Å². The Morgan fingerprint density at radius 2 is 1.96 bits per heavy atom. The summed E-state index contributed by atoms with van der Waals surface area (Å²) in [6.45, 7) is 5.51. The maximum atomic E-state index is 12.5. The van der Waals surface area contributed by atoms with E-state index in [1.165, 1.54) is 32.4 Å². The second-order valence-corrected chi connectivity index (χ2v) is 7.62. The maximum Gasteiger partial charge on any atom is 0.264 e. The molecule has 0 unspecified atom stereocenters. The van der Waals surface area contributed by atoms with Crippen LogP contribution < -0.4 is 5.32 Å². The van der Waals surface area contributed by atoms with Crippen LogP contribution in [0.1, 0.15) is 40.4 Å². The van der Waals surface area contributed by atoms with Gasteiger partial charge in [0, 0.05) is 18.2 Å². The monoisotopic (exact) mass is 366 g/mol. The highest BCUT2D eigenvalue weighted by Gasteiger charge is 2.22. The number of rotatable bonds is 6. The van der Waals surface area contributed by atoms with Crippen molar-refractivity contribution in [3.63, 3.8) is 0 Å². The van der Waals surface area contributed by atoms with Gasteiger partial charge in [0.05, 0.1) is 18.0 Å². The SMILES string of the molecule is CON(C)S(=O)(=O)c1cccc(C(=O)N[C@@H](C)c2cc(C)oc2C)c1. The molecule has 2 rings (SSSR count). The quantitative estimate of drug-likeness (QED) is 0.794. The van der Waals surface area contributed by atoms with E-state index in [0.29, 0.717) is 0 Å². The molecule has 0 bridgehead atoms. The highest BCUT2D eigenvalue weighted by molar-refractivity contribution is 7.89. The second-order valence-electron chi connectivity index (χ2n) is 5.69. The molecule has 1 heterocycles. The van der Waals surface area contributed by atoms with E-state index in [4.69, 9.17) is 9.25 Å². The smallest absolute Gasteiger partial charge is 0.264 e. The first-order valence-corrected chi connectivity index (χ1v) is 9.11. The second kappa shape index (κ2) is 7.38. The minimum absolute atomic E-state index is 0.0208.